The van der Waals surface area contributed by atoms with Gasteiger partial charge in [0.1, 0.15) is 0 Å². The fourth-order valence-corrected chi connectivity index (χ4v) is 12.3. The van der Waals surface area contributed by atoms with E-state index in [1.54, 1.807) is 0 Å². The van der Waals surface area contributed by atoms with Crippen LogP contribution in [-0.2, 0) is 21.7 Å². The van der Waals surface area contributed by atoms with Crippen LogP contribution in [0.1, 0.15) is 128 Å². The van der Waals surface area contributed by atoms with Gasteiger partial charge in [-0.2, -0.15) is 0 Å². The van der Waals surface area contributed by atoms with Crippen LogP contribution in [0.5, 0.6) is 0 Å². The Kier molecular flexibility index (Phi) is 9.76. The monoisotopic (exact) mass is 907 g/mol. The highest BCUT2D eigenvalue weighted by molar-refractivity contribution is 6.23. The third-order valence-corrected chi connectivity index (χ3v) is 16.2. The number of hydrogen-bond donors (Lipinski definition) is 0. The van der Waals surface area contributed by atoms with Crippen LogP contribution in [0.15, 0.2) is 170 Å². The Morgan fingerprint density at radius 1 is 0.271 bits per heavy atom. The summed E-state index contributed by atoms with van der Waals surface area (Å²) in [5.41, 5.74) is 27.2. The highest BCUT2D eigenvalue weighted by atomic mass is 14.5. The number of hydrogen-bond acceptors (Lipinski definition) is 0. The molecule has 0 spiro atoms. The molecule has 0 amide bonds. The van der Waals surface area contributed by atoms with Crippen LogP contribution in [0.25, 0.3) is 88.3 Å². The maximum Gasteiger partial charge on any atom is 0.0212 e. The summed E-state index contributed by atoms with van der Waals surface area (Å²) in [5, 5.41) is 5.20. The Morgan fingerprint density at radius 2 is 0.571 bits per heavy atom. The molecule has 8 aromatic rings. The average molecular weight is 907 g/mol. The van der Waals surface area contributed by atoms with Gasteiger partial charge in [0.05, 0.1) is 0 Å². The zero-order valence-electron chi connectivity index (χ0n) is 43.3. The van der Waals surface area contributed by atoms with Crippen molar-refractivity contribution in [2.45, 2.75) is 105 Å². The molecule has 0 atom stereocenters. The molecule has 4 aliphatic carbocycles. The highest BCUT2D eigenvalue weighted by Crippen LogP contribution is 2.68. The van der Waals surface area contributed by atoms with Crippen molar-refractivity contribution in [3.05, 3.63) is 214 Å². The summed E-state index contributed by atoms with van der Waals surface area (Å²) >= 11 is 0. The molecule has 0 saturated carbocycles. The lowest BCUT2D eigenvalue weighted by atomic mass is 9.71. The van der Waals surface area contributed by atoms with Crippen LogP contribution in [0.3, 0.4) is 0 Å². The molecule has 0 nitrogen and oxygen atoms in total. The van der Waals surface area contributed by atoms with Crippen LogP contribution >= 0.6 is 0 Å². The maximum absolute atomic E-state index is 2.56. The lowest BCUT2D eigenvalue weighted by Gasteiger charge is -2.31. The van der Waals surface area contributed by atoms with Gasteiger partial charge < -0.3 is 0 Å². The van der Waals surface area contributed by atoms with E-state index < -0.39 is 0 Å². The van der Waals surface area contributed by atoms with Crippen LogP contribution in [0.4, 0.5) is 0 Å². The summed E-state index contributed by atoms with van der Waals surface area (Å²) < 4.78 is 0. The van der Waals surface area contributed by atoms with Crippen LogP contribution in [-0.4, -0.2) is 0 Å². The molecule has 0 radical (unpaired) electrons. The van der Waals surface area contributed by atoms with Gasteiger partial charge in [0.25, 0.3) is 0 Å². The van der Waals surface area contributed by atoms with Gasteiger partial charge in [-0.3, -0.25) is 0 Å². The highest BCUT2D eigenvalue weighted by Gasteiger charge is 2.50. The van der Waals surface area contributed by atoms with E-state index in [0.29, 0.717) is 0 Å². The molecule has 4 aliphatic rings. The van der Waals surface area contributed by atoms with Crippen molar-refractivity contribution in [2.75, 3.05) is 0 Å². The maximum atomic E-state index is 2.56. The van der Waals surface area contributed by atoms with Gasteiger partial charge in [0, 0.05) is 11.8 Å². The van der Waals surface area contributed by atoms with Crippen molar-refractivity contribution < 1.29 is 0 Å². The minimum absolute atomic E-state index is 0.0436. The van der Waals surface area contributed by atoms with Gasteiger partial charge in [0.2, 0.25) is 0 Å². The Morgan fingerprint density at radius 3 is 0.886 bits per heavy atom. The first-order valence-corrected chi connectivity index (χ1v) is 25.7. The van der Waals surface area contributed by atoms with Crippen LogP contribution < -0.4 is 0 Å². The molecular formula is C70H66. The van der Waals surface area contributed by atoms with Crippen LogP contribution in [0, 0.1) is 11.8 Å². The molecule has 0 fully saturated rings. The molecule has 70 heavy (non-hydrogen) atoms. The fraction of sp³-hybridized carbons (Fsp3) is 0.257. The van der Waals surface area contributed by atoms with Gasteiger partial charge in [-0.25, -0.2) is 0 Å². The van der Waals surface area contributed by atoms with Gasteiger partial charge in [-0.1, -0.05) is 241 Å². The molecule has 0 saturated heterocycles. The summed E-state index contributed by atoms with van der Waals surface area (Å²) in [6, 6.07) is 56.2. The third-order valence-electron chi connectivity index (χ3n) is 16.2. The van der Waals surface area contributed by atoms with E-state index in [0.717, 1.165) is 0 Å². The summed E-state index contributed by atoms with van der Waals surface area (Å²) in [6.45, 7) is 28.5. The summed E-state index contributed by atoms with van der Waals surface area (Å²) in [5.74, 6) is 0.328. The number of fused-ring (bicyclic) bond motifs is 8. The molecule has 0 heteroatoms. The van der Waals surface area contributed by atoms with E-state index in [4.69, 9.17) is 0 Å². The minimum atomic E-state index is -0.0436. The molecule has 0 bridgehead atoms. The molecule has 12 rings (SSSR count). The quantitative estimate of drug-likeness (QED) is 0.154. The molecule has 346 valence electrons. The summed E-state index contributed by atoms with van der Waals surface area (Å²) in [7, 11) is 0. The molecule has 0 aromatic heterocycles. The number of rotatable bonds is 4. The van der Waals surface area contributed by atoms with Gasteiger partial charge >= 0.3 is 0 Å². The lowest BCUT2D eigenvalue weighted by molar-refractivity contribution is 0.568. The first-order chi connectivity index (χ1) is 33.3. The third kappa shape index (κ3) is 6.92. The lowest BCUT2D eigenvalue weighted by Crippen LogP contribution is -2.18. The zero-order valence-corrected chi connectivity index (χ0v) is 43.3. The van der Waals surface area contributed by atoms with E-state index in [9.17, 15) is 0 Å². The van der Waals surface area contributed by atoms with Crippen molar-refractivity contribution in [1.29, 1.82) is 0 Å². The molecule has 0 unspecified atom stereocenters. The Bertz CT molecular complexity index is 3340. The molecule has 0 aliphatic heterocycles. The van der Waals surface area contributed by atoms with E-state index in [1.165, 1.54) is 133 Å². The second-order valence-corrected chi connectivity index (χ2v) is 24.9. The van der Waals surface area contributed by atoms with Gasteiger partial charge in [-0.15, -0.1) is 0 Å². The van der Waals surface area contributed by atoms with Gasteiger partial charge in [0.15, 0.2) is 0 Å². The number of benzene rings is 8. The van der Waals surface area contributed by atoms with Crippen molar-refractivity contribution in [2.24, 2.45) is 11.8 Å². The van der Waals surface area contributed by atoms with E-state index >= 15 is 0 Å². The standard InChI is InChI=1S/C70H66/c1-67(2,3)47-33-45(34-48(39-47)68(4,5)6)59-57-37-43-25-19-20-26-44(43)38-58(57)60(46-35-49(69(7,8)9)40-50(36-46)70(10,11)12)66-56-32-30-54-62-52(42-23-17-14-18-24-42)28-27-51(41-21-15-13-16-22-41)61(62)53-29-31-55(65(59)66)64(56)63(53)54/h13-40,63-64H,1-12H3. The minimum Gasteiger partial charge on any atom is -0.0622 e. The molecule has 0 heterocycles. The largest absolute Gasteiger partial charge is 0.0622 e. The van der Waals surface area contributed by atoms with E-state index in [2.05, 4.69) is 253 Å². The van der Waals surface area contributed by atoms with E-state index in [-0.39, 0.29) is 33.5 Å². The summed E-state index contributed by atoms with van der Waals surface area (Å²) in [4.78, 5) is 0. The zero-order chi connectivity index (χ0) is 48.8. The van der Waals surface area contributed by atoms with Crippen molar-refractivity contribution in [1.82, 2.24) is 0 Å². The Hall–Kier alpha value is -6.76. The van der Waals surface area contributed by atoms with Crippen molar-refractivity contribution in [3.63, 3.8) is 0 Å². The SMILES string of the molecule is CC(C)(C)c1cc(-c2c3c(c(-c4cc(C(C)(C)C)cc(C(C)(C)C)c4)c4cc5ccccc5cc24)C2=CC=C4c5c(-c6ccccc6)ccc(-c6ccccc6)c5C5=CC=C3C2C54)cc(C(C)(C)C)c1. The summed E-state index contributed by atoms with van der Waals surface area (Å²) in [6.07, 6.45) is 10.2. The Balaban J connectivity index is 1.25. The smallest absolute Gasteiger partial charge is 0.0212 e. The van der Waals surface area contributed by atoms with Crippen molar-refractivity contribution in [3.8, 4) is 44.5 Å². The fourth-order valence-electron chi connectivity index (χ4n) is 12.3. The normalized spacial score (nSPS) is 17.2. The topological polar surface area (TPSA) is 0 Å². The predicted molar refractivity (Wildman–Crippen MR) is 303 cm³/mol. The Labute approximate surface area is 417 Å². The molecular weight excluding hydrogens is 841 g/mol. The van der Waals surface area contributed by atoms with Gasteiger partial charge in [-0.05, 0) is 167 Å². The average Bonchev–Trinajstić information content (AvgIpc) is 3.84. The van der Waals surface area contributed by atoms with Crippen molar-refractivity contribution >= 4 is 43.8 Å². The molecule has 0 N–H and O–H groups in total. The number of allylic oxidation sites excluding steroid dienone is 8. The first kappa shape index (κ1) is 44.4. The predicted octanol–water partition coefficient (Wildman–Crippen LogP) is 19.4. The second-order valence-electron chi connectivity index (χ2n) is 24.9. The molecule has 8 aromatic carbocycles. The van der Waals surface area contributed by atoms with E-state index in [1.807, 2.05) is 0 Å². The first-order valence-electron chi connectivity index (χ1n) is 25.7. The second kappa shape index (κ2) is 15.4. The van der Waals surface area contributed by atoms with Crippen LogP contribution in [0.2, 0.25) is 0 Å².